The van der Waals surface area contributed by atoms with Crippen LogP contribution in [0.2, 0.25) is 0 Å². The number of ether oxygens (including phenoxy) is 1. The first-order valence-corrected chi connectivity index (χ1v) is 5.94. The van der Waals surface area contributed by atoms with Gasteiger partial charge in [0.2, 0.25) is 5.91 Å². The summed E-state index contributed by atoms with van der Waals surface area (Å²) in [7, 11) is 0. The van der Waals surface area contributed by atoms with Gasteiger partial charge in [-0.25, -0.2) is 4.79 Å². The SMILES string of the molecule is CC(=O)NNC(=O)COC(=O)/C=C/c1cccc(C)c1. The quantitative estimate of drug-likeness (QED) is 0.482. The molecule has 0 saturated heterocycles. The number of esters is 1. The molecule has 0 aliphatic heterocycles. The maximum absolute atomic E-state index is 11.4. The summed E-state index contributed by atoms with van der Waals surface area (Å²) in [4.78, 5) is 33.0. The minimum atomic E-state index is -0.635. The molecule has 1 aromatic carbocycles. The van der Waals surface area contributed by atoms with Crippen LogP contribution in [0, 0.1) is 6.92 Å². The van der Waals surface area contributed by atoms with Gasteiger partial charge in [-0.3, -0.25) is 20.4 Å². The molecule has 0 aromatic heterocycles. The predicted octanol–water partition coefficient (Wildman–Crippen LogP) is 0.719. The minimum Gasteiger partial charge on any atom is -0.452 e. The molecular weight excluding hydrogens is 260 g/mol. The molecule has 0 aliphatic rings. The van der Waals surface area contributed by atoms with Gasteiger partial charge in [0, 0.05) is 13.0 Å². The van der Waals surface area contributed by atoms with E-state index < -0.39 is 24.4 Å². The first kappa shape index (κ1) is 15.4. The van der Waals surface area contributed by atoms with E-state index in [1.807, 2.05) is 31.2 Å². The normalized spacial score (nSPS) is 10.1. The van der Waals surface area contributed by atoms with Crippen LogP contribution in [-0.2, 0) is 19.1 Å². The summed E-state index contributed by atoms with van der Waals surface area (Å²) in [5.41, 5.74) is 6.11. The van der Waals surface area contributed by atoms with Gasteiger partial charge in [-0.15, -0.1) is 0 Å². The van der Waals surface area contributed by atoms with Gasteiger partial charge in [0.05, 0.1) is 0 Å². The number of benzene rings is 1. The Labute approximate surface area is 116 Å². The highest BCUT2D eigenvalue weighted by Crippen LogP contribution is 2.05. The number of hydrogen-bond donors (Lipinski definition) is 2. The number of hydrogen-bond acceptors (Lipinski definition) is 4. The monoisotopic (exact) mass is 276 g/mol. The molecule has 0 saturated carbocycles. The summed E-state index contributed by atoms with van der Waals surface area (Å²) in [6.07, 6.45) is 2.83. The lowest BCUT2D eigenvalue weighted by molar-refractivity contribution is -0.144. The number of aryl methyl sites for hydroxylation is 1. The number of nitrogens with one attached hydrogen (secondary N) is 2. The Morgan fingerprint density at radius 1 is 1.25 bits per heavy atom. The van der Waals surface area contributed by atoms with Crippen LogP contribution in [0.15, 0.2) is 30.3 Å². The smallest absolute Gasteiger partial charge is 0.331 e. The molecule has 6 heteroatoms. The minimum absolute atomic E-state index is 0.413. The average molecular weight is 276 g/mol. The molecule has 0 heterocycles. The van der Waals surface area contributed by atoms with Crippen LogP contribution in [0.4, 0.5) is 0 Å². The first-order chi connectivity index (χ1) is 9.47. The van der Waals surface area contributed by atoms with Crippen LogP contribution >= 0.6 is 0 Å². The van der Waals surface area contributed by atoms with Crippen molar-refractivity contribution in [2.75, 3.05) is 6.61 Å². The van der Waals surface area contributed by atoms with Crippen molar-refractivity contribution in [1.29, 1.82) is 0 Å². The predicted molar refractivity (Wildman–Crippen MR) is 73.1 cm³/mol. The third-order valence-electron chi connectivity index (χ3n) is 2.18. The molecule has 0 atom stereocenters. The molecule has 0 unspecified atom stereocenters. The fraction of sp³-hybridized carbons (Fsp3) is 0.214. The largest absolute Gasteiger partial charge is 0.452 e. The molecule has 2 amide bonds. The fourth-order valence-corrected chi connectivity index (χ4v) is 1.32. The molecule has 6 nitrogen and oxygen atoms in total. The lowest BCUT2D eigenvalue weighted by Crippen LogP contribution is -2.42. The Morgan fingerprint density at radius 3 is 2.65 bits per heavy atom. The van der Waals surface area contributed by atoms with Gasteiger partial charge in [-0.1, -0.05) is 29.8 Å². The molecule has 0 spiro atoms. The topological polar surface area (TPSA) is 84.5 Å². The zero-order valence-corrected chi connectivity index (χ0v) is 11.3. The van der Waals surface area contributed by atoms with E-state index in [1.165, 1.54) is 13.0 Å². The van der Waals surface area contributed by atoms with E-state index in [-0.39, 0.29) is 0 Å². The molecular formula is C14H16N2O4. The highest BCUT2D eigenvalue weighted by atomic mass is 16.5. The third kappa shape index (κ3) is 6.34. The summed E-state index contributed by atoms with van der Waals surface area (Å²) in [5.74, 6) is -1.66. The van der Waals surface area contributed by atoms with Crippen molar-refractivity contribution in [3.05, 3.63) is 41.5 Å². The first-order valence-electron chi connectivity index (χ1n) is 5.94. The van der Waals surface area contributed by atoms with Crippen molar-refractivity contribution in [3.63, 3.8) is 0 Å². The lowest BCUT2D eigenvalue weighted by atomic mass is 10.1. The van der Waals surface area contributed by atoms with E-state index in [4.69, 9.17) is 4.74 Å². The molecule has 106 valence electrons. The maximum atomic E-state index is 11.4. The molecule has 2 N–H and O–H groups in total. The van der Waals surface area contributed by atoms with E-state index in [0.29, 0.717) is 0 Å². The van der Waals surface area contributed by atoms with Crippen LogP contribution in [0.5, 0.6) is 0 Å². The van der Waals surface area contributed by atoms with Crippen LogP contribution in [-0.4, -0.2) is 24.4 Å². The second-order valence-electron chi connectivity index (χ2n) is 4.08. The van der Waals surface area contributed by atoms with Gasteiger partial charge in [-0.05, 0) is 18.6 Å². The summed E-state index contributed by atoms with van der Waals surface area (Å²) in [5, 5.41) is 0. The maximum Gasteiger partial charge on any atom is 0.331 e. The Morgan fingerprint density at radius 2 is 2.00 bits per heavy atom. The number of rotatable bonds is 4. The van der Waals surface area contributed by atoms with Crippen molar-refractivity contribution < 1.29 is 19.1 Å². The molecule has 20 heavy (non-hydrogen) atoms. The van der Waals surface area contributed by atoms with Gasteiger partial charge >= 0.3 is 5.97 Å². The van der Waals surface area contributed by atoms with Gasteiger partial charge in [0.25, 0.3) is 5.91 Å². The number of carbonyl (C=O) groups excluding carboxylic acids is 3. The summed E-state index contributed by atoms with van der Waals surface area (Å²) in [6.45, 7) is 2.73. The number of amides is 2. The fourth-order valence-electron chi connectivity index (χ4n) is 1.32. The van der Waals surface area contributed by atoms with Gasteiger partial charge in [0.1, 0.15) is 0 Å². The Bertz CT molecular complexity index is 538. The molecule has 0 radical (unpaired) electrons. The average Bonchev–Trinajstić information content (AvgIpc) is 2.40. The Balaban J connectivity index is 2.36. The van der Waals surface area contributed by atoms with Crippen molar-refractivity contribution in [2.24, 2.45) is 0 Å². The molecule has 0 bridgehead atoms. The number of hydrazine groups is 1. The van der Waals surface area contributed by atoms with Crippen molar-refractivity contribution >= 4 is 23.9 Å². The van der Waals surface area contributed by atoms with Gasteiger partial charge in [-0.2, -0.15) is 0 Å². The highest BCUT2D eigenvalue weighted by molar-refractivity contribution is 5.89. The highest BCUT2D eigenvalue weighted by Gasteiger charge is 2.04. The van der Waals surface area contributed by atoms with Crippen LogP contribution in [0.3, 0.4) is 0 Å². The van der Waals surface area contributed by atoms with E-state index in [2.05, 4.69) is 10.9 Å². The second kappa shape index (κ2) is 7.73. The zero-order chi connectivity index (χ0) is 15.0. The molecule has 0 aliphatic carbocycles. The second-order valence-corrected chi connectivity index (χ2v) is 4.08. The number of carbonyl (C=O) groups is 3. The summed E-state index contributed by atoms with van der Waals surface area (Å²) >= 11 is 0. The zero-order valence-electron chi connectivity index (χ0n) is 11.3. The van der Waals surface area contributed by atoms with Crippen molar-refractivity contribution in [3.8, 4) is 0 Å². The Kier molecular flexibility index (Phi) is 5.96. The summed E-state index contributed by atoms with van der Waals surface area (Å²) < 4.78 is 4.70. The van der Waals surface area contributed by atoms with Crippen LogP contribution in [0.1, 0.15) is 18.1 Å². The Hall–Kier alpha value is -2.63. The molecule has 1 aromatic rings. The van der Waals surface area contributed by atoms with Crippen LogP contribution in [0.25, 0.3) is 6.08 Å². The van der Waals surface area contributed by atoms with Crippen molar-refractivity contribution in [1.82, 2.24) is 10.9 Å². The summed E-state index contributed by atoms with van der Waals surface area (Å²) in [6, 6.07) is 7.58. The van der Waals surface area contributed by atoms with Crippen LogP contribution < -0.4 is 10.9 Å². The van der Waals surface area contributed by atoms with Crippen molar-refractivity contribution in [2.45, 2.75) is 13.8 Å². The lowest BCUT2D eigenvalue weighted by Gasteiger charge is -2.04. The van der Waals surface area contributed by atoms with E-state index in [9.17, 15) is 14.4 Å². The van der Waals surface area contributed by atoms with E-state index in [1.54, 1.807) is 6.08 Å². The molecule has 1 rings (SSSR count). The van der Waals surface area contributed by atoms with E-state index in [0.717, 1.165) is 11.1 Å². The van der Waals surface area contributed by atoms with Gasteiger partial charge in [0.15, 0.2) is 6.61 Å². The molecule has 0 fully saturated rings. The third-order valence-corrected chi connectivity index (χ3v) is 2.18. The standard InChI is InChI=1S/C14H16N2O4/c1-10-4-3-5-12(8-10)6-7-14(19)20-9-13(18)16-15-11(2)17/h3-8H,9H2,1-2H3,(H,15,17)(H,16,18)/b7-6+. The van der Waals surface area contributed by atoms with Gasteiger partial charge < -0.3 is 4.74 Å². The van der Waals surface area contributed by atoms with E-state index >= 15 is 0 Å².